The van der Waals surface area contributed by atoms with Crippen LogP contribution in [-0.2, 0) is 34.4 Å². The number of aromatic nitrogens is 3. The number of rotatable bonds is 8. The van der Waals surface area contributed by atoms with Gasteiger partial charge in [-0.2, -0.15) is 0 Å². The van der Waals surface area contributed by atoms with Crippen molar-refractivity contribution in [3.05, 3.63) is 51.9 Å². The summed E-state index contributed by atoms with van der Waals surface area (Å²) in [6.07, 6.45) is 5.67. The smallest absolute Gasteiger partial charge is 0.317 e. The highest BCUT2D eigenvalue weighted by atomic mass is 16.6. The second-order valence-electron chi connectivity index (χ2n) is 11.5. The van der Waals surface area contributed by atoms with Gasteiger partial charge in [-0.15, -0.1) is 0 Å². The van der Waals surface area contributed by atoms with Crippen molar-refractivity contribution in [2.75, 3.05) is 6.61 Å². The number of benzene rings is 1. The third-order valence-corrected chi connectivity index (χ3v) is 6.83. The Hall–Kier alpha value is -3.30. The van der Waals surface area contributed by atoms with Crippen molar-refractivity contribution in [1.82, 2.24) is 14.1 Å². The van der Waals surface area contributed by atoms with E-state index in [4.69, 9.17) is 14.5 Å². The van der Waals surface area contributed by atoms with E-state index < -0.39 is 23.6 Å². The molecule has 1 aliphatic rings. The fourth-order valence-corrected chi connectivity index (χ4v) is 4.85. The summed E-state index contributed by atoms with van der Waals surface area (Å²) in [5.41, 5.74) is 3.60. The predicted octanol–water partition coefficient (Wildman–Crippen LogP) is 4.19. The Morgan fingerprint density at radius 2 is 2.08 bits per heavy atom. The van der Waals surface area contributed by atoms with Gasteiger partial charge in [-0.1, -0.05) is 6.07 Å². The van der Waals surface area contributed by atoms with Gasteiger partial charge in [-0.05, 0) is 77.6 Å². The zero-order valence-electron chi connectivity index (χ0n) is 23.8. The van der Waals surface area contributed by atoms with E-state index >= 15 is 0 Å². The number of hydrogen-bond donors (Lipinski definition) is 1. The molecule has 0 spiro atoms. The molecule has 3 atom stereocenters. The zero-order valence-corrected chi connectivity index (χ0v) is 23.8. The second kappa shape index (κ2) is 11.8. The molecule has 2 aromatic heterocycles. The van der Waals surface area contributed by atoms with E-state index in [0.717, 1.165) is 53.9 Å². The molecular formula is C30H40N4O5. The Balaban J connectivity index is 1.67. The molecule has 9 heteroatoms. The first-order chi connectivity index (χ1) is 18.4. The number of aryl methyl sites for hydroxylation is 2. The highest BCUT2D eigenvalue weighted by molar-refractivity contribution is 5.90. The Kier molecular flexibility index (Phi) is 8.71. The van der Waals surface area contributed by atoms with Gasteiger partial charge in [0, 0.05) is 37.2 Å². The van der Waals surface area contributed by atoms with Crippen molar-refractivity contribution in [2.45, 2.75) is 84.8 Å². The number of nitrogens with zero attached hydrogens (tertiary/aromatic N) is 4. The third-order valence-electron chi connectivity index (χ3n) is 6.83. The topological polar surface area (TPSA) is 108 Å². The number of aliphatic hydroxyl groups is 1. The van der Waals surface area contributed by atoms with E-state index in [-0.39, 0.29) is 11.7 Å². The molecule has 210 valence electrons. The zero-order chi connectivity index (χ0) is 28.3. The molecule has 3 heterocycles. The molecule has 0 aliphatic carbocycles. The number of pyridine rings is 1. The molecule has 9 nitrogen and oxygen atoms in total. The van der Waals surface area contributed by atoms with Gasteiger partial charge in [0.2, 0.25) is 0 Å². The predicted molar refractivity (Wildman–Crippen MR) is 152 cm³/mol. The van der Waals surface area contributed by atoms with Gasteiger partial charge in [-0.25, -0.2) is 4.98 Å². The molecule has 0 amide bonds. The molecule has 39 heavy (non-hydrogen) atoms. The number of carbonyl (C=O) groups is 1. The summed E-state index contributed by atoms with van der Waals surface area (Å²) in [6.45, 7) is 10.5. The van der Waals surface area contributed by atoms with Gasteiger partial charge in [0.1, 0.15) is 17.3 Å². The van der Waals surface area contributed by atoms with Crippen molar-refractivity contribution in [3.63, 3.8) is 0 Å². The van der Waals surface area contributed by atoms with Crippen molar-refractivity contribution in [2.24, 2.45) is 18.0 Å². The van der Waals surface area contributed by atoms with Crippen LogP contribution in [0.3, 0.4) is 0 Å². The number of carbonyl (C=O) groups excluding carboxylic acids is 1. The van der Waals surface area contributed by atoms with Crippen LogP contribution >= 0.6 is 0 Å². The average Bonchev–Trinajstić information content (AvgIpc) is 3.21. The fourth-order valence-electron chi connectivity index (χ4n) is 4.85. The molecule has 1 N–H and O–H groups in total. The molecule has 1 saturated heterocycles. The molecule has 3 aromatic rings. The number of ether oxygens (including phenoxy) is 2. The summed E-state index contributed by atoms with van der Waals surface area (Å²) in [5, 5.41) is 10.1. The van der Waals surface area contributed by atoms with E-state index in [1.165, 1.54) is 6.21 Å². The van der Waals surface area contributed by atoms with Gasteiger partial charge in [-0.3, -0.25) is 14.6 Å². The van der Waals surface area contributed by atoms with E-state index in [1.807, 2.05) is 31.3 Å². The standard InChI is InChI=1S/C30H40N4O5/c1-19-13-22(17-33(6)28(19)36)27-32-25-11-10-21(14-26(25)34(27)18-23-9-7-8-12-38-23)15-31-16-24(20(2)35)29(37)39-30(3,4)5/h10-11,13-14,16-17,20,23-24,35H,7-9,12,15,18H2,1-6H3/t20-,23?,24?/m1/s1. The Morgan fingerprint density at radius 3 is 2.72 bits per heavy atom. The lowest BCUT2D eigenvalue weighted by Gasteiger charge is -2.24. The average molecular weight is 537 g/mol. The van der Waals surface area contributed by atoms with Crippen LogP contribution < -0.4 is 5.56 Å². The molecule has 0 radical (unpaired) electrons. The number of aliphatic hydroxyl groups excluding tert-OH is 1. The molecule has 2 unspecified atom stereocenters. The number of hydrogen-bond acceptors (Lipinski definition) is 7. The van der Waals surface area contributed by atoms with Crippen LogP contribution in [0.2, 0.25) is 0 Å². The second-order valence-corrected chi connectivity index (χ2v) is 11.5. The summed E-state index contributed by atoms with van der Waals surface area (Å²) in [5.74, 6) is -0.557. The van der Waals surface area contributed by atoms with Crippen LogP contribution in [0.5, 0.6) is 0 Å². The molecule has 0 saturated carbocycles. The Morgan fingerprint density at radius 1 is 1.31 bits per heavy atom. The van der Waals surface area contributed by atoms with Gasteiger partial charge < -0.3 is 23.7 Å². The van der Waals surface area contributed by atoms with Crippen LogP contribution in [0.1, 0.15) is 58.1 Å². The van der Waals surface area contributed by atoms with Crippen LogP contribution in [0.25, 0.3) is 22.4 Å². The van der Waals surface area contributed by atoms with Crippen LogP contribution in [-0.4, -0.2) is 55.8 Å². The quantitative estimate of drug-likeness (QED) is 0.342. The lowest BCUT2D eigenvalue weighted by molar-refractivity contribution is -0.159. The van der Waals surface area contributed by atoms with Crippen LogP contribution in [0.15, 0.2) is 40.2 Å². The first-order valence-corrected chi connectivity index (χ1v) is 13.6. The minimum absolute atomic E-state index is 0.0287. The first kappa shape index (κ1) is 28.7. The molecule has 1 aliphatic heterocycles. The number of imidazole rings is 1. The summed E-state index contributed by atoms with van der Waals surface area (Å²) in [7, 11) is 1.75. The molecule has 1 fully saturated rings. The number of aliphatic imine (C=N–C) groups is 1. The first-order valence-electron chi connectivity index (χ1n) is 13.6. The van der Waals surface area contributed by atoms with Gasteiger partial charge in [0.15, 0.2) is 0 Å². The van der Waals surface area contributed by atoms with E-state index in [9.17, 15) is 14.7 Å². The molecule has 4 rings (SSSR count). The van der Waals surface area contributed by atoms with E-state index in [0.29, 0.717) is 18.7 Å². The SMILES string of the molecule is Cc1cc(-c2nc3ccc(CN=CC(C(=O)OC(C)(C)C)[C@@H](C)O)cc3n2CC2CCCCO2)cn(C)c1=O. The van der Waals surface area contributed by atoms with Crippen LogP contribution in [0.4, 0.5) is 0 Å². The number of esters is 1. The Bertz CT molecular complexity index is 1380. The highest BCUT2D eigenvalue weighted by Crippen LogP contribution is 2.28. The van der Waals surface area contributed by atoms with Crippen molar-refractivity contribution in [3.8, 4) is 11.4 Å². The Labute approximate surface area is 229 Å². The molecule has 0 bridgehead atoms. The maximum atomic E-state index is 12.5. The molecule has 1 aromatic carbocycles. The molecular weight excluding hydrogens is 496 g/mol. The monoisotopic (exact) mass is 536 g/mol. The van der Waals surface area contributed by atoms with Gasteiger partial charge in [0.05, 0.1) is 36.3 Å². The lowest BCUT2D eigenvalue weighted by Crippen LogP contribution is -2.34. The van der Waals surface area contributed by atoms with Crippen molar-refractivity contribution in [1.29, 1.82) is 0 Å². The third kappa shape index (κ3) is 7.02. The summed E-state index contributed by atoms with van der Waals surface area (Å²) < 4.78 is 15.3. The summed E-state index contributed by atoms with van der Waals surface area (Å²) in [6, 6.07) is 7.89. The summed E-state index contributed by atoms with van der Waals surface area (Å²) in [4.78, 5) is 34.3. The van der Waals surface area contributed by atoms with Gasteiger partial charge >= 0.3 is 5.97 Å². The van der Waals surface area contributed by atoms with E-state index in [2.05, 4.69) is 15.6 Å². The highest BCUT2D eigenvalue weighted by Gasteiger charge is 2.27. The maximum Gasteiger partial charge on any atom is 0.317 e. The van der Waals surface area contributed by atoms with Crippen LogP contribution in [0, 0.1) is 12.8 Å². The normalized spacial score (nSPS) is 18.0. The summed E-state index contributed by atoms with van der Waals surface area (Å²) >= 11 is 0. The largest absolute Gasteiger partial charge is 0.459 e. The minimum Gasteiger partial charge on any atom is -0.459 e. The number of fused-ring (bicyclic) bond motifs is 1. The minimum atomic E-state index is -0.921. The fraction of sp³-hybridized carbons (Fsp3) is 0.533. The lowest BCUT2D eigenvalue weighted by atomic mass is 10.1. The van der Waals surface area contributed by atoms with Crippen molar-refractivity contribution >= 4 is 23.2 Å². The van der Waals surface area contributed by atoms with Gasteiger partial charge in [0.25, 0.3) is 5.56 Å². The van der Waals surface area contributed by atoms with Crippen molar-refractivity contribution < 1.29 is 19.4 Å². The van der Waals surface area contributed by atoms with E-state index in [1.54, 1.807) is 39.3 Å². The maximum absolute atomic E-state index is 12.5.